The van der Waals surface area contributed by atoms with Crippen molar-refractivity contribution in [1.29, 1.82) is 0 Å². The highest BCUT2D eigenvalue weighted by atomic mass is 19.1. The van der Waals surface area contributed by atoms with E-state index in [9.17, 15) is 8.78 Å². The first-order valence-corrected chi connectivity index (χ1v) is 9.04. The molecule has 0 amide bonds. The maximum absolute atomic E-state index is 13.9. The maximum Gasteiger partial charge on any atom is 0.191 e. The maximum atomic E-state index is 13.9. The summed E-state index contributed by atoms with van der Waals surface area (Å²) in [5.41, 5.74) is 1.76. The second-order valence-electron chi connectivity index (χ2n) is 6.98. The third-order valence-electron chi connectivity index (χ3n) is 5.14. The molecule has 0 bridgehead atoms. The number of halogens is 2. The van der Waals surface area contributed by atoms with Gasteiger partial charge in [0.25, 0.3) is 0 Å². The highest BCUT2D eigenvalue weighted by molar-refractivity contribution is 5.80. The van der Waals surface area contributed by atoms with E-state index in [0.717, 1.165) is 24.0 Å². The Morgan fingerprint density at radius 2 is 2.00 bits per heavy atom. The molecule has 1 saturated carbocycles. The van der Waals surface area contributed by atoms with E-state index in [1.807, 2.05) is 19.1 Å². The summed E-state index contributed by atoms with van der Waals surface area (Å²) in [6.45, 7) is 2.60. The van der Waals surface area contributed by atoms with Crippen molar-refractivity contribution >= 4 is 5.96 Å². The summed E-state index contributed by atoms with van der Waals surface area (Å²) in [6.07, 6.45) is 2.03. The number of hydrogen-bond donors (Lipinski definition) is 2. The number of methoxy groups -OCH3 is 1. The quantitative estimate of drug-likeness (QED) is 0.596. The number of benzene rings is 2. The summed E-state index contributed by atoms with van der Waals surface area (Å²) in [4.78, 5) is 4.25. The molecule has 0 spiro atoms. The molecule has 1 fully saturated rings. The average Bonchev–Trinajstić information content (AvgIpc) is 3.46. The van der Waals surface area contributed by atoms with Gasteiger partial charge in [0, 0.05) is 19.0 Å². The van der Waals surface area contributed by atoms with E-state index < -0.39 is 5.82 Å². The van der Waals surface area contributed by atoms with Crippen LogP contribution in [-0.2, 0) is 5.41 Å². The van der Waals surface area contributed by atoms with Crippen LogP contribution in [0.2, 0.25) is 0 Å². The minimum absolute atomic E-state index is 0.0464. The van der Waals surface area contributed by atoms with Crippen LogP contribution in [0.25, 0.3) is 0 Å². The van der Waals surface area contributed by atoms with E-state index in [1.54, 1.807) is 25.2 Å². The van der Waals surface area contributed by atoms with Gasteiger partial charge in [-0.1, -0.05) is 18.2 Å². The Balaban J connectivity index is 1.62. The predicted molar refractivity (Wildman–Crippen MR) is 103 cm³/mol. The Hall–Kier alpha value is -2.63. The fraction of sp³-hybridized carbons (Fsp3) is 0.381. The van der Waals surface area contributed by atoms with Crippen molar-refractivity contribution in [3.8, 4) is 5.75 Å². The Kier molecular flexibility index (Phi) is 5.63. The lowest BCUT2D eigenvalue weighted by atomic mass is 9.96. The van der Waals surface area contributed by atoms with E-state index >= 15 is 0 Å². The molecule has 2 aromatic carbocycles. The van der Waals surface area contributed by atoms with Crippen LogP contribution in [0.15, 0.2) is 47.5 Å². The van der Waals surface area contributed by atoms with Crippen LogP contribution >= 0.6 is 0 Å². The van der Waals surface area contributed by atoms with Crippen molar-refractivity contribution in [3.63, 3.8) is 0 Å². The first kappa shape index (κ1) is 19.1. The smallest absolute Gasteiger partial charge is 0.191 e. The number of nitrogens with zero attached hydrogens (tertiary/aromatic N) is 1. The first-order valence-electron chi connectivity index (χ1n) is 9.04. The molecule has 27 heavy (non-hydrogen) atoms. The standard InChI is InChI=1S/C21H25F2N3O/c1-14(15-7-8-19(27-3)18(23)11-15)26-20(24-2)25-13-21(9-10-21)16-5-4-6-17(22)12-16/h4-8,11-12,14H,9-10,13H2,1-3H3,(H2,24,25,26). The number of nitrogens with one attached hydrogen (secondary N) is 2. The van der Waals surface area contributed by atoms with E-state index in [1.165, 1.54) is 19.2 Å². The molecule has 1 aliphatic rings. The van der Waals surface area contributed by atoms with Gasteiger partial charge in [0.15, 0.2) is 17.5 Å². The lowest BCUT2D eigenvalue weighted by molar-refractivity contribution is 0.386. The fourth-order valence-corrected chi connectivity index (χ4v) is 3.22. The minimum Gasteiger partial charge on any atom is -0.494 e. The van der Waals surface area contributed by atoms with Gasteiger partial charge in [-0.2, -0.15) is 0 Å². The summed E-state index contributed by atoms with van der Waals surface area (Å²) >= 11 is 0. The zero-order valence-corrected chi connectivity index (χ0v) is 15.9. The van der Waals surface area contributed by atoms with E-state index in [4.69, 9.17) is 4.74 Å². The Morgan fingerprint density at radius 1 is 1.22 bits per heavy atom. The minimum atomic E-state index is -0.394. The van der Waals surface area contributed by atoms with Crippen LogP contribution in [0.4, 0.5) is 8.78 Å². The van der Waals surface area contributed by atoms with Crippen LogP contribution < -0.4 is 15.4 Å². The molecular formula is C21H25F2N3O. The first-order chi connectivity index (χ1) is 13.0. The second kappa shape index (κ2) is 7.94. The van der Waals surface area contributed by atoms with Crippen LogP contribution in [0.5, 0.6) is 5.75 Å². The van der Waals surface area contributed by atoms with Crippen LogP contribution in [0.1, 0.15) is 36.9 Å². The molecule has 2 N–H and O–H groups in total. The highest BCUT2D eigenvalue weighted by Gasteiger charge is 2.44. The summed E-state index contributed by atoms with van der Waals surface area (Å²) in [5.74, 6) is 0.242. The molecule has 1 unspecified atom stereocenters. The van der Waals surface area contributed by atoms with Gasteiger partial charge >= 0.3 is 0 Å². The number of aliphatic imine (C=N–C) groups is 1. The van der Waals surface area contributed by atoms with Crippen molar-refractivity contribution < 1.29 is 13.5 Å². The SMILES string of the molecule is CN=C(NCC1(c2cccc(F)c2)CC1)NC(C)c1ccc(OC)c(F)c1. The van der Waals surface area contributed by atoms with E-state index in [2.05, 4.69) is 15.6 Å². The molecule has 1 aliphatic carbocycles. The van der Waals surface area contributed by atoms with Crippen molar-refractivity contribution in [3.05, 3.63) is 65.2 Å². The lowest BCUT2D eigenvalue weighted by Gasteiger charge is -2.22. The molecular weight excluding hydrogens is 348 g/mol. The molecule has 3 rings (SSSR count). The van der Waals surface area contributed by atoms with Crippen molar-refractivity contribution in [2.24, 2.45) is 4.99 Å². The summed E-state index contributed by atoms with van der Waals surface area (Å²) in [5, 5.41) is 6.59. The van der Waals surface area contributed by atoms with Crippen LogP contribution in [0.3, 0.4) is 0 Å². The normalized spacial score (nSPS) is 16.6. The number of guanidine groups is 1. The monoisotopic (exact) mass is 373 g/mol. The fourth-order valence-electron chi connectivity index (χ4n) is 3.22. The van der Waals surface area contributed by atoms with Crippen molar-refractivity contribution in [2.45, 2.75) is 31.2 Å². The zero-order valence-electron chi connectivity index (χ0n) is 15.9. The molecule has 4 nitrogen and oxygen atoms in total. The van der Waals surface area contributed by atoms with Crippen molar-refractivity contribution in [2.75, 3.05) is 20.7 Å². The lowest BCUT2D eigenvalue weighted by Crippen LogP contribution is -2.42. The summed E-state index contributed by atoms with van der Waals surface area (Å²) in [7, 11) is 3.14. The predicted octanol–water partition coefficient (Wildman–Crippen LogP) is 3.93. The number of ether oxygens (including phenoxy) is 1. The second-order valence-corrected chi connectivity index (χ2v) is 6.98. The molecule has 0 radical (unpaired) electrons. The van der Waals surface area contributed by atoms with Crippen molar-refractivity contribution in [1.82, 2.24) is 10.6 Å². The van der Waals surface area contributed by atoms with Gasteiger partial charge in [0.1, 0.15) is 5.82 Å². The highest BCUT2D eigenvalue weighted by Crippen LogP contribution is 2.47. The van der Waals surface area contributed by atoms with Gasteiger partial charge < -0.3 is 15.4 Å². The summed E-state index contributed by atoms with van der Waals surface area (Å²) in [6, 6.07) is 11.5. The largest absolute Gasteiger partial charge is 0.494 e. The van der Waals surface area contributed by atoms with Gasteiger partial charge in [-0.3, -0.25) is 4.99 Å². The summed E-state index contributed by atoms with van der Waals surface area (Å²) < 4.78 is 32.4. The molecule has 6 heteroatoms. The number of hydrogen-bond acceptors (Lipinski definition) is 2. The molecule has 0 heterocycles. The topological polar surface area (TPSA) is 45.7 Å². The molecule has 1 atom stereocenters. The van der Waals surface area contributed by atoms with Gasteiger partial charge in [-0.05, 0) is 55.2 Å². The molecule has 144 valence electrons. The average molecular weight is 373 g/mol. The van der Waals surface area contributed by atoms with E-state index in [0.29, 0.717) is 12.5 Å². The van der Waals surface area contributed by atoms with Gasteiger partial charge in [-0.25, -0.2) is 8.78 Å². The van der Waals surface area contributed by atoms with Gasteiger partial charge in [0.05, 0.1) is 13.2 Å². The van der Waals surface area contributed by atoms with Crippen LogP contribution in [0, 0.1) is 11.6 Å². The Bertz CT molecular complexity index is 834. The third kappa shape index (κ3) is 4.38. The molecule has 0 aromatic heterocycles. The van der Waals surface area contributed by atoms with E-state index in [-0.39, 0.29) is 23.0 Å². The molecule has 0 aliphatic heterocycles. The van der Waals surface area contributed by atoms with Gasteiger partial charge in [0.2, 0.25) is 0 Å². The Morgan fingerprint density at radius 3 is 2.59 bits per heavy atom. The van der Waals surface area contributed by atoms with Crippen LogP contribution in [-0.4, -0.2) is 26.7 Å². The zero-order chi connectivity index (χ0) is 19.4. The third-order valence-corrected chi connectivity index (χ3v) is 5.14. The Labute approximate surface area is 158 Å². The number of rotatable bonds is 6. The molecule has 0 saturated heterocycles. The molecule has 2 aromatic rings. The van der Waals surface area contributed by atoms with Gasteiger partial charge in [-0.15, -0.1) is 0 Å².